The molecule has 0 radical (unpaired) electrons. The molecule has 0 atom stereocenters. The molecule has 0 spiro atoms. The number of urea groups is 1. The van der Waals surface area contributed by atoms with Crippen molar-refractivity contribution in [3.8, 4) is 11.8 Å². The summed E-state index contributed by atoms with van der Waals surface area (Å²) in [5, 5.41) is 11.5. The van der Waals surface area contributed by atoms with Crippen molar-refractivity contribution < 1.29 is 19.1 Å². The van der Waals surface area contributed by atoms with Crippen molar-refractivity contribution >= 4 is 90.7 Å². The Hall–Kier alpha value is -2.76. The van der Waals surface area contributed by atoms with Crippen LogP contribution in [0.25, 0.3) is 6.08 Å². The molecule has 0 saturated carbocycles. The van der Waals surface area contributed by atoms with Gasteiger partial charge in [0, 0.05) is 10.0 Å². The molecule has 0 aliphatic carbocycles. The molecule has 3 aromatic carbocycles. The van der Waals surface area contributed by atoms with Crippen LogP contribution in [0.1, 0.15) is 22.3 Å². The second-order valence-electron chi connectivity index (χ2n) is 7.76. The van der Waals surface area contributed by atoms with Gasteiger partial charge in [-0.2, -0.15) is 5.26 Å². The summed E-state index contributed by atoms with van der Waals surface area (Å²) in [7, 11) is 0. The van der Waals surface area contributed by atoms with E-state index in [1.807, 2.05) is 19.1 Å². The molecule has 0 aromatic heterocycles. The fraction of sp³-hybridized carbons (Fsp3) is 0.0769. The first kappa shape index (κ1) is 26.3. The van der Waals surface area contributed by atoms with E-state index >= 15 is 0 Å². The zero-order valence-electron chi connectivity index (χ0n) is 18.6. The minimum Gasteiger partial charge on any atom is -0.487 e. The van der Waals surface area contributed by atoms with Gasteiger partial charge in [0.2, 0.25) is 0 Å². The number of halogens is 3. The van der Waals surface area contributed by atoms with Crippen LogP contribution in [0, 0.1) is 25.4 Å². The monoisotopic (exact) mass is 767 g/mol. The minimum atomic E-state index is -0.797. The number of benzene rings is 3. The molecule has 180 valence electrons. The molecular formula is C26H16BrI2N3O4. The lowest BCUT2D eigenvalue weighted by atomic mass is 10.1. The highest BCUT2D eigenvalue weighted by molar-refractivity contribution is 14.1. The van der Waals surface area contributed by atoms with Gasteiger partial charge in [0.25, 0.3) is 11.8 Å². The second-order valence-corrected chi connectivity index (χ2v) is 10.9. The number of carbonyl (C=O) groups is 3. The van der Waals surface area contributed by atoms with Gasteiger partial charge in [-0.15, -0.1) is 0 Å². The standard InChI is InChI=1S/C26H16BrI2N3O4/c1-14-8-18(6-7-20(14)27)32-25(34)19(24(33)31-26(32)35)9-15-10-21(28)23(22(29)11-15)36-13-17-5-3-2-4-16(17)12-30/h2-11H,13H2,1H3,(H,31,33,35)/b19-9+. The largest absolute Gasteiger partial charge is 0.487 e. The first-order valence-electron chi connectivity index (χ1n) is 10.5. The number of aryl methyl sites for hydroxylation is 1. The van der Waals surface area contributed by atoms with Crippen LogP contribution in [0.3, 0.4) is 0 Å². The Morgan fingerprint density at radius 3 is 2.44 bits per heavy atom. The van der Waals surface area contributed by atoms with Crippen LogP contribution in [-0.4, -0.2) is 17.8 Å². The number of nitriles is 1. The molecule has 7 nitrogen and oxygen atoms in total. The van der Waals surface area contributed by atoms with Gasteiger partial charge in [-0.05, 0) is 106 Å². The third-order valence-corrected chi connectivity index (χ3v) is 7.84. The van der Waals surface area contributed by atoms with Crippen LogP contribution in [0.2, 0.25) is 0 Å². The Labute approximate surface area is 242 Å². The number of imide groups is 2. The summed E-state index contributed by atoms with van der Waals surface area (Å²) in [6.45, 7) is 2.06. The molecular weight excluding hydrogens is 752 g/mol. The van der Waals surface area contributed by atoms with Crippen LogP contribution in [0.4, 0.5) is 10.5 Å². The number of barbiturate groups is 1. The summed E-state index contributed by atoms with van der Waals surface area (Å²) >= 11 is 7.65. The third-order valence-electron chi connectivity index (χ3n) is 5.34. The molecule has 4 amide bonds. The fourth-order valence-corrected chi connectivity index (χ4v) is 5.91. The molecule has 4 rings (SSSR count). The number of rotatable bonds is 5. The number of ether oxygens (including phenoxy) is 1. The lowest BCUT2D eigenvalue weighted by Gasteiger charge is -2.26. The van der Waals surface area contributed by atoms with Gasteiger partial charge in [-0.3, -0.25) is 14.9 Å². The molecule has 36 heavy (non-hydrogen) atoms. The average molecular weight is 768 g/mol. The Kier molecular flexibility index (Phi) is 8.11. The first-order chi connectivity index (χ1) is 17.2. The summed E-state index contributed by atoms with van der Waals surface area (Å²) in [4.78, 5) is 39.2. The van der Waals surface area contributed by atoms with Crippen molar-refractivity contribution in [2.45, 2.75) is 13.5 Å². The van der Waals surface area contributed by atoms with E-state index < -0.39 is 17.8 Å². The van der Waals surface area contributed by atoms with E-state index in [4.69, 9.17) is 4.74 Å². The predicted octanol–water partition coefficient (Wildman–Crippen LogP) is 6.08. The maximum absolute atomic E-state index is 13.2. The molecule has 1 heterocycles. The van der Waals surface area contributed by atoms with Crippen LogP contribution in [-0.2, 0) is 16.2 Å². The number of amides is 4. The van der Waals surface area contributed by atoms with E-state index in [-0.39, 0.29) is 12.2 Å². The highest BCUT2D eigenvalue weighted by atomic mass is 127. The Bertz CT molecular complexity index is 1470. The number of carbonyl (C=O) groups excluding carboxylic acids is 3. The molecule has 1 N–H and O–H groups in total. The van der Waals surface area contributed by atoms with Gasteiger partial charge in [0.1, 0.15) is 17.9 Å². The second kappa shape index (κ2) is 11.1. The average Bonchev–Trinajstić information content (AvgIpc) is 2.83. The number of nitrogens with one attached hydrogen (secondary N) is 1. The molecule has 1 saturated heterocycles. The molecule has 1 aliphatic heterocycles. The van der Waals surface area contributed by atoms with Crippen molar-refractivity contribution in [3.05, 3.63) is 94.0 Å². The van der Waals surface area contributed by atoms with E-state index in [9.17, 15) is 19.6 Å². The maximum Gasteiger partial charge on any atom is 0.335 e. The van der Waals surface area contributed by atoms with Crippen molar-refractivity contribution in [1.82, 2.24) is 5.32 Å². The molecule has 1 fully saturated rings. The van der Waals surface area contributed by atoms with Crippen molar-refractivity contribution in [1.29, 1.82) is 5.26 Å². The maximum atomic E-state index is 13.2. The van der Waals surface area contributed by atoms with E-state index in [0.717, 1.165) is 27.6 Å². The van der Waals surface area contributed by atoms with Gasteiger partial charge in [0.15, 0.2) is 0 Å². The van der Waals surface area contributed by atoms with E-state index in [2.05, 4.69) is 72.5 Å². The first-order valence-corrected chi connectivity index (χ1v) is 13.4. The summed E-state index contributed by atoms with van der Waals surface area (Å²) < 4.78 is 8.37. The summed E-state index contributed by atoms with van der Waals surface area (Å²) in [6, 6.07) is 17.2. The Balaban J connectivity index is 1.62. The van der Waals surface area contributed by atoms with Gasteiger partial charge in [-0.25, -0.2) is 9.69 Å². The predicted molar refractivity (Wildman–Crippen MR) is 155 cm³/mol. The number of nitrogens with zero attached hydrogens (tertiary/aromatic N) is 2. The zero-order valence-corrected chi connectivity index (χ0v) is 24.5. The van der Waals surface area contributed by atoms with Crippen LogP contribution in [0.15, 0.2) is 64.6 Å². The van der Waals surface area contributed by atoms with E-state index in [0.29, 0.717) is 22.6 Å². The quantitative estimate of drug-likeness (QED) is 0.193. The van der Waals surface area contributed by atoms with Gasteiger partial charge in [0.05, 0.1) is 24.5 Å². The van der Waals surface area contributed by atoms with Gasteiger partial charge < -0.3 is 4.74 Å². The molecule has 3 aromatic rings. The molecule has 0 unspecified atom stereocenters. The number of anilines is 1. The lowest BCUT2D eigenvalue weighted by Crippen LogP contribution is -2.54. The number of hydrogen-bond acceptors (Lipinski definition) is 5. The topological polar surface area (TPSA) is 99.5 Å². The zero-order chi connectivity index (χ0) is 26.0. The molecule has 0 bridgehead atoms. The SMILES string of the molecule is Cc1cc(N2C(=O)NC(=O)/C(=C\c3cc(I)c(OCc4ccccc4C#N)c(I)c3)C2=O)ccc1Br. The van der Waals surface area contributed by atoms with Crippen LogP contribution in [0.5, 0.6) is 5.75 Å². The highest BCUT2D eigenvalue weighted by Gasteiger charge is 2.37. The van der Waals surface area contributed by atoms with Crippen molar-refractivity contribution in [2.75, 3.05) is 4.90 Å². The van der Waals surface area contributed by atoms with Crippen molar-refractivity contribution in [3.63, 3.8) is 0 Å². The molecule has 10 heteroatoms. The van der Waals surface area contributed by atoms with Gasteiger partial charge in [-0.1, -0.05) is 34.1 Å². The Morgan fingerprint density at radius 2 is 1.78 bits per heavy atom. The third kappa shape index (κ3) is 5.47. The Morgan fingerprint density at radius 1 is 1.08 bits per heavy atom. The fourth-order valence-electron chi connectivity index (χ4n) is 3.53. The smallest absolute Gasteiger partial charge is 0.335 e. The molecule has 1 aliphatic rings. The number of hydrogen-bond donors (Lipinski definition) is 1. The van der Waals surface area contributed by atoms with Crippen LogP contribution < -0.4 is 15.0 Å². The summed E-state index contributed by atoms with van der Waals surface area (Å²) in [5.41, 5.74) is 2.97. The normalized spacial score (nSPS) is 14.6. The summed E-state index contributed by atoms with van der Waals surface area (Å²) in [6.07, 6.45) is 1.46. The summed E-state index contributed by atoms with van der Waals surface area (Å²) in [5.74, 6) is -0.829. The van der Waals surface area contributed by atoms with Gasteiger partial charge >= 0.3 is 6.03 Å². The van der Waals surface area contributed by atoms with E-state index in [1.54, 1.807) is 42.5 Å². The highest BCUT2D eigenvalue weighted by Crippen LogP contribution is 2.32. The van der Waals surface area contributed by atoms with Crippen molar-refractivity contribution in [2.24, 2.45) is 0 Å². The lowest BCUT2D eigenvalue weighted by molar-refractivity contribution is -0.122. The minimum absolute atomic E-state index is 0.154. The van der Waals surface area contributed by atoms with E-state index in [1.165, 1.54) is 6.08 Å². The van der Waals surface area contributed by atoms with Crippen LogP contribution >= 0.6 is 61.1 Å².